The number of hydrogen-bond acceptors (Lipinski definition) is 6. The minimum absolute atomic E-state index is 0.152. The van der Waals surface area contributed by atoms with Gasteiger partial charge in [0, 0.05) is 24.2 Å². The maximum absolute atomic E-state index is 12.2. The van der Waals surface area contributed by atoms with E-state index < -0.39 is 5.97 Å². The third kappa shape index (κ3) is 6.21. The number of fused-ring (bicyclic) bond motifs is 1. The second-order valence-corrected chi connectivity index (χ2v) is 10.3. The van der Waals surface area contributed by atoms with Gasteiger partial charge in [-0.25, -0.2) is 0 Å². The number of carboxylic acid groups (broad SMARTS) is 1. The quantitative estimate of drug-likeness (QED) is 0.458. The summed E-state index contributed by atoms with van der Waals surface area (Å²) >= 11 is 1.63. The maximum atomic E-state index is 12.2. The minimum Gasteiger partial charge on any atom is -0.497 e. The second kappa shape index (κ2) is 11.7. The van der Waals surface area contributed by atoms with Crippen LogP contribution in [0.15, 0.2) is 48.0 Å². The van der Waals surface area contributed by atoms with Gasteiger partial charge in [-0.1, -0.05) is 17.9 Å². The first-order valence-corrected chi connectivity index (χ1v) is 12.9. The zero-order chi connectivity index (χ0) is 24.8. The van der Waals surface area contributed by atoms with Crippen molar-refractivity contribution in [1.82, 2.24) is 14.8 Å². The fourth-order valence-electron chi connectivity index (χ4n) is 5.05. The number of methoxy groups -OCH3 is 1. The van der Waals surface area contributed by atoms with Gasteiger partial charge in [0.1, 0.15) is 5.75 Å². The summed E-state index contributed by atoms with van der Waals surface area (Å²) in [6, 6.07) is 12.2. The van der Waals surface area contributed by atoms with E-state index in [1.165, 1.54) is 5.56 Å². The normalized spacial score (nSPS) is 19.3. The summed E-state index contributed by atoms with van der Waals surface area (Å²) in [5.41, 5.74) is 2.14. The third-order valence-electron chi connectivity index (χ3n) is 6.97. The number of carbonyl (C=O) groups is 1. The number of carboxylic acids is 1. The number of hydrogen-bond donors (Lipinski definition) is 1. The molecule has 0 spiro atoms. The van der Waals surface area contributed by atoms with E-state index in [-0.39, 0.29) is 17.9 Å². The van der Waals surface area contributed by atoms with Gasteiger partial charge in [-0.05, 0) is 87.1 Å². The summed E-state index contributed by atoms with van der Waals surface area (Å²) in [5, 5.41) is 13.1. The molecular weight excluding hydrogens is 458 g/mol. The van der Waals surface area contributed by atoms with Crippen molar-refractivity contribution in [1.29, 1.82) is 0 Å². The molecule has 1 aliphatic rings. The molecule has 3 aromatic rings. The van der Waals surface area contributed by atoms with Crippen LogP contribution in [-0.2, 0) is 4.79 Å². The first-order valence-electron chi connectivity index (χ1n) is 12.0. The van der Waals surface area contributed by atoms with Crippen molar-refractivity contribution in [3.8, 4) is 17.6 Å². The molecule has 3 heterocycles. The predicted octanol–water partition coefficient (Wildman–Crippen LogP) is 4.76. The lowest BCUT2D eigenvalue weighted by atomic mass is 9.80. The van der Waals surface area contributed by atoms with E-state index in [4.69, 9.17) is 4.74 Å². The van der Waals surface area contributed by atoms with Gasteiger partial charge in [-0.15, -0.1) is 11.3 Å². The van der Waals surface area contributed by atoms with E-state index in [2.05, 4.69) is 46.8 Å². The lowest BCUT2D eigenvalue weighted by Gasteiger charge is -2.37. The van der Waals surface area contributed by atoms with Gasteiger partial charge >= 0.3 is 5.97 Å². The molecule has 3 atom stereocenters. The van der Waals surface area contributed by atoms with Crippen molar-refractivity contribution in [3.05, 3.63) is 58.4 Å². The molecule has 35 heavy (non-hydrogen) atoms. The Morgan fingerprint density at radius 3 is 2.91 bits per heavy atom. The summed E-state index contributed by atoms with van der Waals surface area (Å²) in [6.45, 7) is 2.05. The standard InChI is InChI=1S/C28H33N3O3S/c1-30(2)27(23-12-14-29-26-10-9-21(34-3)18-24(23)26)11-8-20-13-16-31(19-25(20)28(32)33)15-4-6-22-7-5-17-35-22/h5,7,9-10,12,14,17-18,20,25,27H,8,11,13,15-16,19H2,1-3H3,(H,32,33)/t20-,25+,27+/m1/s1. The SMILES string of the molecule is COc1ccc2nccc([C@H](CC[C@@H]3CCN(CC#Cc4cccs4)C[C@@H]3C(=O)O)N(C)C)c2c1. The first kappa shape index (κ1) is 25.2. The number of aliphatic carboxylic acids is 1. The van der Waals surface area contributed by atoms with Gasteiger partial charge in [-0.2, -0.15) is 0 Å². The van der Waals surface area contributed by atoms with Crippen LogP contribution in [0.1, 0.15) is 35.7 Å². The average Bonchev–Trinajstić information content (AvgIpc) is 3.37. The van der Waals surface area contributed by atoms with Crippen LogP contribution in [0.4, 0.5) is 0 Å². The monoisotopic (exact) mass is 491 g/mol. The van der Waals surface area contributed by atoms with Gasteiger partial charge in [0.05, 0.1) is 30.0 Å². The highest BCUT2D eigenvalue weighted by atomic mass is 32.1. The Morgan fingerprint density at radius 2 is 2.20 bits per heavy atom. The number of rotatable bonds is 8. The Bertz CT molecular complexity index is 1200. The van der Waals surface area contributed by atoms with Crippen LogP contribution in [0.25, 0.3) is 10.9 Å². The lowest BCUT2D eigenvalue weighted by Crippen LogP contribution is -2.44. The van der Waals surface area contributed by atoms with Crippen molar-refractivity contribution >= 4 is 28.2 Å². The van der Waals surface area contributed by atoms with E-state index in [1.54, 1.807) is 18.4 Å². The number of nitrogens with zero attached hydrogens (tertiary/aromatic N) is 3. The van der Waals surface area contributed by atoms with Crippen LogP contribution in [0.3, 0.4) is 0 Å². The zero-order valence-corrected chi connectivity index (χ0v) is 21.4. The molecule has 184 valence electrons. The van der Waals surface area contributed by atoms with Crippen LogP contribution in [0.5, 0.6) is 5.75 Å². The van der Waals surface area contributed by atoms with Gasteiger partial charge < -0.3 is 14.7 Å². The van der Waals surface area contributed by atoms with Gasteiger partial charge in [0.2, 0.25) is 0 Å². The Balaban J connectivity index is 1.45. The average molecular weight is 492 g/mol. The minimum atomic E-state index is -0.702. The van der Waals surface area contributed by atoms with Crippen molar-refractivity contribution < 1.29 is 14.6 Å². The Kier molecular flexibility index (Phi) is 8.40. The summed E-state index contributed by atoms with van der Waals surface area (Å²) in [5.74, 6) is 6.28. The summed E-state index contributed by atoms with van der Waals surface area (Å²) in [4.78, 5) is 22.1. The van der Waals surface area contributed by atoms with Crippen LogP contribution < -0.4 is 4.74 Å². The van der Waals surface area contributed by atoms with Crippen molar-refractivity contribution in [2.75, 3.05) is 40.8 Å². The van der Waals surface area contributed by atoms with E-state index in [0.717, 1.165) is 47.3 Å². The van der Waals surface area contributed by atoms with E-state index in [9.17, 15) is 9.90 Å². The van der Waals surface area contributed by atoms with Gasteiger partial charge in [-0.3, -0.25) is 14.7 Å². The number of pyridine rings is 1. The number of benzene rings is 1. The van der Waals surface area contributed by atoms with Crippen LogP contribution in [0.2, 0.25) is 0 Å². The van der Waals surface area contributed by atoms with E-state index >= 15 is 0 Å². The molecule has 6 nitrogen and oxygen atoms in total. The number of likely N-dealkylation sites (tertiary alicyclic amines) is 1. The molecule has 1 N–H and O–H groups in total. The van der Waals surface area contributed by atoms with Crippen LogP contribution in [-0.4, -0.2) is 66.7 Å². The molecular formula is C28H33N3O3S. The molecule has 0 radical (unpaired) electrons. The molecule has 4 rings (SSSR count). The number of thiophene rings is 1. The molecule has 1 aromatic carbocycles. The maximum Gasteiger partial charge on any atom is 0.308 e. The molecule has 0 amide bonds. The Labute approximate surface area is 211 Å². The molecule has 0 bridgehead atoms. The molecule has 0 unspecified atom stereocenters. The predicted molar refractivity (Wildman–Crippen MR) is 141 cm³/mol. The van der Waals surface area contributed by atoms with Gasteiger partial charge in [0.25, 0.3) is 0 Å². The molecule has 1 saturated heterocycles. The van der Waals surface area contributed by atoms with Gasteiger partial charge in [0.15, 0.2) is 0 Å². The highest BCUT2D eigenvalue weighted by Gasteiger charge is 2.34. The molecule has 1 fully saturated rings. The Hall–Kier alpha value is -2.92. The highest BCUT2D eigenvalue weighted by molar-refractivity contribution is 7.10. The third-order valence-corrected chi connectivity index (χ3v) is 7.75. The summed E-state index contributed by atoms with van der Waals surface area (Å²) in [7, 11) is 5.84. The second-order valence-electron chi connectivity index (χ2n) is 9.35. The summed E-state index contributed by atoms with van der Waals surface area (Å²) in [6.07, 6.45) is 4.48. The molecule has 1 aliphatic heterocycles. The number of ether oxygens (including phenoxy) is 1. The smallest absolute Gasteiger partial charge is 0.308 e. The highest BCUT2D eigenvalue weighted by Crippen LogP contribution is 2.35. The zero-order valence-electron chi connectivity index (χ0n) is 20.6. The largest absolute Gasteiger partial charge is 0.497 e. The fraction of sp³-hybridized carbons (Fsp3) is 0.429. The number of piperidine rings is 1. The number of aromatic nitrogens is 1. The van der Waals surface area contributed by atoms with Crippen LogP contribution in [0, 0.1) is 23.7 Å². The van der Waals surface area contributed by atoms with E-state index in [0.29, 0.717) is 13.1 Å². The molecule has 7 heteroatoms. The Morgan fingerprint density at radius 1 is 1.34 bits per heavy atom. The summed E-state index contributed by atoms with van der Waals surface area (Å²) < 4.78 is 5.45. The molecule has 0 aliphatic carbocycles. The lowest BCUT2D eigenvalue weighted by molar-refractivity contribution is -0.146. The van der Waals surface area contributed by atoms with Crippen LogP contribution >= 0.6 is 11.3 Å². The molecule has 2 aromatic heterocycles. The molecule has 0 saturated carbocycles. The van der Waals surface area contributed by atoms with Crippen molar-refractivity contribution in [2.24, 2.45) is 11.8 Å². The van der Waals surface area contributed by atoms with Crippen molar-refractivity contribution in [3.63, 3.8) is 0 Å². The van der Waals surface area contributed by atoms with Crippen molar-refractivity contribution in [2.45, 2.75) is 25.3 Å². The first-order chi connectivity index (χ1) is 17.0. The topological polar surface area (TPSA) is 65.9 Å². The van der Waals surface area contributed by atoms with E-state index in [1.807, 2.05) is 41.9 Å². The fourth-order valence-corrected chi connectivity index (χ4v) is 5.65.